The zero-order valence-electron chi connectivity index (χ0n) is 18.2. The lowest BCUT2D eigenvalue weighted by Crippen LogP contribution is -2.48. The zero-order valence-corrected chi connectivity index (χ0v) is 18.2. The van der Waals surface area contributed by atoms with Crippen molar-refractivity contribution in [3.63, 3.8) is 0 Å². The van der Waals surface area contributed by atoms with Gasteiger partial charge in [-0.05, 0) is 35.7 Å². The number of hydrogen-bond donors (Lipinski definition) is 0. The molecule has 0 N–H and O–H groups in total. The Hall–Kier alpha value is -2.73. The Kier molecular flexibility index (Phi) is 5.60. The van der Waals surface area contributed by atoms with E-state index >= 15 is 0 Å². The maximum absolute atomic E-state index is 13.0. The van der Waals surface area contributed by atoms with Crippen molar-refractivity contribution in [2.75, 3.05) is 41.7 Å². The number of likely N-dealkylation sites (N-methyl/N-ethyl adjacent to an activating group) is 1. The lowest BCUT2D eigenvalue weighted by Gasteiger charge is -2.43. The number of hydrogen-bond acceptors (Lipinski definition) is 5. The predicted octanol–water partition coefficient (Wildman–Crippen LogP) is 3.70. The topological polar surface area (TPSA) is 54.0 Å². The first kappa shape index (κ1) is 20.5. The van der Waals surface area contributed by atoms with Crippen molar-refractivity contribution in [1.82, 2.24) is 0 Å². The van der Waals surface area contributed by atoms with Gasteiger partial charge >= 0.3 is 0 Å². The molecule has 2 aromatic carbocycles. The van der Waals surface area contributed by atoms with Crippen LogP contribution in [0.2, 0.25) is 0 Å². The highest BCUT2D eigenvalue weighted by atomic mass is 16.7. The quantitative estimate of drug-likeness (QED) is 0.649. The molecular weight excluding hydrogens is 382 g/mol. The van der Waals surface area contributed by atoms with E-state index in [1.807, 2.05) is 24.3 Å². The predicted molar refractivity (Wildman–Crippen MR) is 113 cm³/mol. The van der Waals surface area contributed by atoms with Crippen LogP contribution in [0, 0.1) is 0 Å². The number of Topliss-reactive ketones (excluding diaryl/α,β-unsaturated/α-hetero) is 1. The van der Waals surface area contributed by atoms with Gasteiger partial charge in [0.15, 0.2) is 11.5 Å². The van der Waals surface area contributed by atoms with E-state index in [1.54, 1.807) is 14.2 Å². The van der Waals surface area contributed by atoms with Crippen molar-refractivity contribution in [1.29, 1.82) is 0 Å². The van der Waals surface area contributed by atoms with Gasteiger partial charge in [0.05, 0.1) is 46.8 Å². The largest absolute Gasteiger partial charge is 0.497 e. The molecule has 0 fully saturated rings. The first-order valence-corrected chi connectivity index (χ1v) is 10.4. The molecule has 6 heteroatoms. The number of carbonyl (C=O) groups is 1. The first-order valence-electron chi connectivity index (χ1n) is 10.4. The van der Waals surface area contributed by atoms with Crippen LogP contribution in [-0.4, -0.2) is 51.9 Å². The molecule has 0 unspecified atom stereocenters. The summed E-state index contributed by atoms with van der Waals surface area (Å²) in [5.41, 5.74) is 3.43. The van der Waals surface area contributed by atoms with Crippen LogP contribution in [0.1, 0.15) is 35.6 Å². The summed E-state index contributed by atoms with van der Waals surface area (Å²) in [7, 11) is 7.69. The number of benzene rings is 2. The van der Waals surface area contributed by atoms with Gasteiger partial charge in [0.25, 0.3) is 0 Å². The van der Waals surface area contributed by atoms with E-state index in [1.165, 1.54) is 5.56 Å². The molecule has 6 nitrogen and oxygen atoms in total. The van der Waals surface area contributed by atoms with E-state index in [-0.39, 0.29) is 18.6 Å². The van der Waals surface area contributed by atoms with Crippen molar-refractivity contribution in [2.24, 2.45) is 0 Å². The number of aryl methyl sites for hydroxylation is 1. The van der Waals surface area contributed by atoms with Gasteiger partial charge in [0.1, 0.15) is 17.6 Å². The summed E-state index contributed by atoms with van der Waals surface area (Å²) >= 11 is 0. The molecule has 2 aliphatic heterocycles. The molecule has 0 amide bonds. The van der Waals surface area contributed by atoms with E-state index in [9.17, 15) is 4.79 Å². The normalized spacial score (nSPS) is 18.6. The Labute approximate surface area is 177 Å². The molecule has 0 saturated heterocycles. The van der Waals surface area contributed by atoms with Crippen LogP contribution >= 0.6 is 0 Å². The van der Waals surface area contributed by atoms with Crippen LogP contribution in [0.5, 0.6) is 23.0 Å². The lowest BCUT2D eigenvalue weighted by atomic mass is 9.86. The number of rotatable bonds is 7. The van der Waals surface area contributed by atoms with Gasteiger partial charge in [0, 0.05) is 12.8 Å². The molecule has 1 atom stereocenters. The van der Waals surface area contributed by atoms with E-state index in [4.69, 9.17) is 18.9 Å². The van der Waals surface area contributed by atoms with Gasteiger partial charge in [-0.15, -0.1) is 0 Å². The molecule has 0 saturated carbocycles. The number of carbonyl (C=O) groups excluding carboxylic acids is 1. The molecule has 4 rings (SSSR count). The summed E-state index contributed by atoms with van der Waals surface area (Å²) in [4.78, 5) is 13.0. The van der Waals surface area contributed by atoms with Crippen molar-refractivity contribution in [2.45, 2.75) is 31.7 Å². The minimum absolute atomic E-state index is 0.0292. The number of ether oxygens (including phenoxy) is 4. The molecule has 160 valence electrons. The number of nitrogens with zero attached hydrogens (tertiary/aromatic N) is 1. The molecule has 30 heavy (non-hydrogen) atoms. The van der Waals surface area contributed by atoms with Crippen molar-refractivity contribution >= 4 is 5.78 Å². The highest BCUT2D eigenvalue weighted by Crippen LogP contribution is 2.51. The maximum atomic E-state index is 13.0. The molecule has 0 aliphatic carbocycles. The summed E-state index contributed by atoms with van der Waals surface area (Å²) < 4.78 is 23.0. The molecule has 2 aromatic rings. The Balaban J connectivity index is 1.55. The molecule has 0 aromatic heterocycles. The van der Waals surface area contributed by atoms with Crippen LogP contribution in [0.4, 0.5) is 0 Å². The van der Waals surface area contributed by atoms with Gasteiger partial charge in [-0.25, -0.2) is 0 Å². The highest BCUT2D eigenvalue weighted by molar-refractivity contribution is 5.80. The van der Waals surface area contributed by atoms with Crippen LogP contribution in [0.25, 0.3) is 0 Å². The molecule has 2 aliphatic rings. The average molecular weight is 413 g/mol. The lowest BCUT2D eigenvalue weighted by molar-refractivity contribution is -0.922. The number of quaternary nitrogens is 1. The Morgan fingerprint density at radius 3 is 2.60 bits per heavy atom. The summed E-state index contributed by atoms with van der Waals surface area (Å²) in [5, 5.41) is 0. The standard InChI is InChI=1S/C24H30NO5/c1-25(2)12-11-17-13-21-23(30-15-29-21)24(28-4)22(17)20(25)14-18(26)8-5-16-6-9-19(27-3)10-7-16/h6-7,9-10,13,20H,5,8,11-12,14-15H2,1-4H3/q+1/t20-/m0/s1. The van der Waals surface area contributed by atoms with E-state index in [0.717, 1.165) is 52.2 Å². The molecule has 0 radical (unpaired) electrons. The summed E-state index contributed by atoms with van der Waals surface area (Å²) in [6.07, 6.45) is 2.65. The van der Waals surface area contributed by atoms with E-state index in [0.29, 0.717) is 18.6 Å². The average Bonchev–Trinajstić information content (AvgIpc) is 3.21. The third-order valence-electron chi connectivity index (χ3n) is 6.35. The van der Waals surface area contributed by atoms with Gasteiger partial charge in [-0.3, -0.25) is 4.79 Å². The monoisotopic (exact) mass is 412 g/mol. The smallest absolute Gasteiger partial charge is 0.231 e. The van der Waals surface area contributed by atoms with E-state index in [2.05, 4.69) is 20.2 Å². The maximum Gasteiger partial charge on any atom is 0.231 e. The number of methoxy groups -OCH3 is 2. The molecule has 0 bridgehead atoms. The molecule has 0 spiro atoms. The van der Waals surface area contributed by atoms with Crippen molar-refractivity contribution < 1.29 is 28.2 Å². The van der Waals surface area contributed by atoms with E-state index < -0.39 is 0 Å². The van der Waals surface area contributed by atoms with Crippen LogP contribution in [0.15, 0.2) is 30.3 Å². The van der Waals surface area contributed by atoms with Crippen LogP contribution < -0.4 is 18.9 Å². The van der Waals surface area contributed by atoms with Gasteiger partial charge in [-0.1, -0.05) is 12.1 Å². The third-order valence-corrected chi connectivity index (χ3v) is 6.35. The Bertz CT molecular complexity index is 936. The van der Waals surface area contributed by atoms with Gasteiger partial charge < -0.3 is 23.4 Å². The highest BCUT2D eigenvalue weighted by Gasteiger charge is 2.42. The second kappa shape index (κ2) is 8.19. The molecular formula is C24H30NO5+. The van der Waals surface area contributed by atoms with Crippen molar-refractivity contribution in [3.8, 4) is 23.0 Å². The van der Waals surface area contributed by atoms with Crippen LogP contribution in [0.3, 0.4) is 0 Å². The summed E-state index contributed by atoms with van der Waals surface area (Å²) in [5.74, 6) is 3.21. The molecule has 2 heterocycles. The van der Waals surface area contributed by atoms with Gasteiger partial charge in [0.2, 0.25) is 12.5 Å². The number of fused-ring (bicyclic) bond motifs is 2. The third kappa shape index (κ3) is 3.84. The zero-order chi connectivity index (χ0) is 21.3. The fourth-order valence-electron chi connectivity index (χ4n) is 4.51. The fraction of sp³-hybridized carbons (Fsp3) is 0.458. The summed E-state index contributed by atoms with van der Waals surface area (Å²) in [6.45, 7) is 1.17. The second-order valence-electron chi connectivity index (χ2n) is 8.58. The fourth-order valence-corrected chi connectivity index (χ4v) is 4.51. The second-order valence-corrected chi connectivity index (χ2v) is 8.58. The minimum Gasteiger partial charge on any atom is -0.497 e. The number of ketones is 1. The Morgan fingerprint density at radius 1 is 1.13 bits per heavy atom. The summed E-state index contributed by atoms with van der Waals surface area (Å²) in [6, 6.07) is 10.0. The Morgan fingerprint density at radius 2 is 1.90 bits per heavy atom. The minimum atomic E-state index is 0.0292. The van der Waals surface area contributed by atoms with Gasteiger partial charge in [-0.2, -0.15) is 0 Å². The first-order chi connectivity index (χ1) is 14.4. The van der Waals surface area contributed by atoms with Crippen LogP contribution in [-0.2, 0) is 17.6 Å². The SMILES string of the molecule is COc1ccc(CCC(=O)C[C@H]2c3c(cc4c(c3OC)OCO4)CC[N+]2(C)C)cc1. The van der Waals surface area contributed by atoms with Crippen molar-refractivity contribution in [3.05, 3.63) is 47.0 Å².